The van der Waals surface area contributed by atoms with E-state index in [9.17, 15) is 9.18 Å². The Balaban J connectivity index is 2.79. The molecular weight excluding hydrogens is 261 g/mol. The summed E-state index contributed by atoms with van der Waals surface area (Å²) < 4.78 is 23.7. The average Bonchev–Trinajstić information content (AvgIpc) is 2.43. The fraction of sp³-hybridized carbons (Fsp3) is 0.533. The van der Waals surface area contributed by atoms with Crippen LogP contribution < -0.4 is 10.1 Å². The molecule has 0 aliphatic heterocycles. The van der Waals surface area contributed by atoms with Gasteiger partial charge < -0.3 is 14.8 Å². The lowest BCUT2D eigenvalue weighted by atomic mass is 9.95. The minimum absolute atomic E-state index is 0.171. The SMILES string of the molecule is CCNCc1cc(F)ccc1OCC(C)(C)C(=O)OC. The number of rotatable bonds is 7. The number of nitrogens with one attached hydrogen (secondary N) is 1. The van der Waals surface area contributed by atoms with Crippen LogP contribution in [0.25, 0.3) is 0 Å². The van der Waals surface area contributed by atoms with Crippen molar-refractivity contribution in [2.24, 2.45) is 5.41 Å². The minimum Gasteiger partial charge on any atom is -0.492 e. The number of halogens is 1. The summed E-state index contributed by atoms with van der Waals surface area (Å²) in [5.41, 5.74) is -0.0222. The number of benzene rings is 1. The Labute approximate surface area is 119 Å². The molecule has 0 radical (unpaired) electrons. The zero-order chi connectivity index (χ0) is 15.2. The van der Waals surface area contributed by atoms with E-state index in [1.807, 2.05) is 6.92 Å². The van der Waals surface area contributed by atoms with Crippen LogP contribution in [0.5, 0.6) is 5.75 Å². The molecule has 0 aromatic heterocycles. The van der Waals surface area contributed by atoms with E-state index in [-0.39, 0.29) is 18.4 Å². The van der Waals surface area contributed by atoms with Gasteiger partial charge >= 0.3 is 5.97 Å². The third kappa shape index (κ3) is 4.49. The van der Waals surface area contributed by atoms with E-state index in [0.717, 1.165) is 12.1 Å². The Morgan fingerprint density at radius 3 is 2.70 bits per heavy atom. The van der Waals surface area contributed by atoms with Gasteiger partial charge in [0.15, 0.2) is 0 Å². The number of methoxy groups -OCH3 is 1. The zero-order valence-electron chi connectivity index (χ0n) is 12.5. The Kier molecular flexibility index (Phi) is 5.95. The molecule has 112 valence electrons. The molecular formula is C15H22FNO3. The van der Waals surface area contributed by atoms with Crippen molar-refractivity contribution in [1.29, 1.82) is 0 Å². The van der Waals surface area contributed by atoms with Crippen molar-refractivity contribution in [3.05, 3.63) is 29.6 Å². The van der Waals surface area contributed by atoms with Crippen molar-refractivity contribution in [3.8, 4) is 5.75 Å². The molecule has 0 fully saturated rings. The van der Waals surface area contributed by atoms with Crippen molar-refractivity contribution in [2.75, 3.05) is 20.3 Å². The molecule has 1 N–H and O–H groups in total. The summed E-state index contributed by atoms with van der Waals surface area (Å²) in [6.45, 7) is 6.93. The molecule has 0 bridgehead atoms. The molecule has 0 heterocycles. The Morgan fingerprint density at radius 2 is 2.10 bits per heavy atom. The maximum Gasteiger partial charge on any atom is 0.314 e. The fourth-order valence-electron chi connectivity index (χ4n) is 1.68. The predicted octanol–water partition coefficient (Wildman–Crippen LogP) is 2.51. The second kappa shape index (κ2) is 7.24. The number of carbonyl (C=O) groups is 1. The van der Waals surface area contributed by atoms with Crippen molar-refractivity contribution in [2.45, 2.75) is 27.3 Å². The van der Waals surface area contributed by atoms with Crippen LogP contribution in [0.4, 0.5) is 4.39 Å². The van der Waals surface area contributed by atoms with Crippen LogP contribution in [0.15, 0.2) is 18.2 Å². The molecule has 0 aliphatic carbocycles. The zero-order valence-corrected chi connectivity index (χ0v) is 12.5. The predicted molar refractivity (Wildman–Crippen MR) is 75.1 cm³/mol. The summed E-state index contributed by atoms with van der Waals surface area (Å²) in [6, 6.07) is 4.36. The topological polar surface area (TPSA) is 47.6 Å². The summed E-state index contributed by atoms with van der Waals surface area (Å²) in [6.07, 6.45) is 0. The fourth-order valence-corrected chi connectivity index (χ4v) is 1.68. The normalized spacial score (nSPS) is 11.2. The molecule has 0 spiro atoms. The smallest absolute Gasteiger partial charge is 0.314 e. The number of hydrogen-bond donors (Lipinski definition) is 1. The van der Waals surface area contributed by atoms with Gasteiger partial charge in [0.05, 0.1) is 12.5 Å². The van der Waals surface area contributed by atoms with E-state index >= 15 is 0 Å². The van der Waals surface area contributed by atoms with E-state index in [4.69, 9.17) is 9.47 Å². The third-order valence-corrected chi connectivity index (χ3v) is 2.91. The highest BCUT2D eigenvalue weighted by Crippen LogP contribution is 2.24. The molecule has 5 heteroatoms. The van der Waals surface area contributed by atoms with Crippen LogP contribution in [-0.4, -0.2) is 26.2 Å². The van der Waals surface area contributed by atoms with Gasteiger partial charge in [0.1, 0.15) is 18.2 Å². The molecule has 0 saturated carbocycles. The number of carbonyl (C=O) groups excluding carboxylic acids is 1. The Morgan fingerprint density at radius 1 is 1.40 bits per heavy atom. The van der Waals surface area contributed by atoms with Crippen LogP contribution in [0.2, 0.25) is 0 Å². The highest BCUT2D eigenvalue weighted by atomic mass is 19.1. The maximum atomic E-state index is 13.3. The minimum atomic E-state index is -0.751. The summed E-state index contributed by atoms with van der Waals surface area (Å²) in [5.74, 6) is -0.0744. The molecule has 0 unspecified atom stereocenters. The average molecular weight is 283 g/mol. The maximum absolute atomic E-state index is 13.3. The highest BCUT2D eigenvalue weighted by molar-refractivity contribution is 5.75. The van der Waals surface area contributed by atoms with Gasteiger partial charge in [-0.25, -0.2) is 4.39 Å². The number of ether oxygens (including phenoxy) is 2. The van der Waals surface area contributed by atoms with Crippen molar-refractivity contribution in [3.63, 3.8) is 0 Å². The lowest BCUT2D eigenvalue weighted by Crippen LogP contribution is -2.32. The molecule has 0 amide bonds. The van der Waals surface area contributed by atoms with E-state index in [1.54, 1.807) is 19.9 Å². The van der Waals surface area contributed by atoms with Crippen molar-refractivity contribution < 1.29 is 18.7 Å². The molecule has 0 aliphatic rings. The number of esters is 1. The quantitative estimate of drug-likeness (QED) is 0.781. The summed E-state index contributed by atoms with van der Waals surface area (Å²) in [7, 11) is 1.35. The second-order valence-electron chi connectivity index (χ2n) is 5.20. The summed E-state index contributed by atoms with van der Waals surface area (Å²) in [4.78, 5) is 11.6. The van der Waals surface area contributed by atoms with Crippen LogP contribution in [0, 0.1) is 11.2 Å². The summed E-state index contributed by atoms with van der Waals surface area (Å²) in [5, 5.41) is 3.12. The lowest BCUT2D eigenvalue weighted by molar-refractivity contribution is -0.152. The second-order valence-corrected chi connectivity index (χ2v) is 5.20. The van der Waals surface area contributed by atoms with Gasteiger partial charge in [0.2, 0.25) is 0 Å². The van der Waals surface area contributed by atoms with E-state index in [1.165, 1.54) is 19.2 Å². The first-order valence-corrected chi connectivity index (χ1v) is 6.61. The first-order valence-electron chi connectivity index (χ1n) is 6.61. The van der Waals surface area contributed by atoms with Gasteiger partial charge in [-0.1, -0.05) is 6.92 Å². The van der Waals surface area contributed by atoms with Crippen LogP contribution >= 0.6 is 0 Å². The summed E-state index contributed by atoms with van der Waals surface area (Å²) >= 11 is 0. The van der Waals surface area contributed by atoms with E-state index in [2.05, 4.69) is 5.32 Å². The standard InChI is InChI=1S/C15H22FNO3/c1-5-17-9-11-8-12(16)6-7-13(11)20-10-15(2,3)14(18)19-4/h6-8,17H,5,9-10H2,1-4H3. The van der Waals surface area contributed by atoms with Gasteiger partial charge in [-0.3, -0.25) is 4.79 Å². The first-order chi connectivity index (χ1) is 9.40. The van der Waals surface area contributed by atoms with Gasteiger partial charge in [0.25, 0.3) is 0 Å². The molecule has 1 rings (SSSR count). The van der Waals surface area contributed by atoms with Gasteiger partial charge in [-0.05, 0) is 38.6 Å². The molecule has 0 saturated heterocycles. The van der Waals surface area contributed by atoms with E-state index < -0.39 is 5.41 Å². The molecule has 4 nitrogen and oxygen atoms in total. The van der Waals surface area contributed by atoms with Gasteiger partial charge in [0, 0.05) is 12.1 Å². The van der Waals surface area contributed by atoms with Gasteiger partial charge in [-0.2, -0.15) is 0 Å². The van der Waals surface area contributed by atoms with Crippen molar-refractivity contribution >= 4 is 5.97 Å². The Hall–Kier alpha value is -1.62. The highest BCUT2D eigenvalue weighted by Gasteiger charge is 2.30. The molecule has 0 atom stereocenters. The Bertz CT molecular complexity index is 460. The first kappa shape index (κ1) is 16.4. The largest absolute Gasteiger partial charge is 0.492 e. The van der Waals surface area contributed by atoms with Crippen LogP contribution in [0.1, 0.15) is 26.3 Å². The van der Waals surface area contributed by atoms with E-state index in [0.29, 0.717) is 12.3 Å². The molecule has 1 aromatic carbocycles. The molecule has 1 aromatic rings. The van der Waals surface area contributed by atoms with Crippen molar-refractivity contribution in [1.82, 2.24) is 5.32 Å². The third-order valence-electron chi connectivity index (χ3n) is 2.91. The lowest BCUT2D eigenvalue weighted by Gasteiger charge is -2.22. The monoisotopic (exact) mass is 283 g/mol. The van der Waals surface area contributed by atoms with Crippen LogP contribution in [0.3, 0.4) is 0 Å². The molecule has 20 heavy (non-hydrogen) atoms. The van der Waals surface area contributed by atoms with Gasteiger partial charge in [-0.15, -0.1) is 0 Å². The number of hydrogen-bond acceptors (Lipinski definition) is 4. The van der Waals surface area contributed by atoms with Crippen LogP contribution in [-0.2, 0) is 16.1 Å².